The van der Waals surface area contributed by atoms with Gasteiger partial charge in [-0.3, -0.25) is 0 Å². The lowest BCUT2D eigenvalue weighted by molar-refractivity contribution is -0.140. The molecule has 0 bridgehead atoms. The van der Waals surface area contributed by atoms with E-state index in [0.717, 1.165) is 31.9 Å². The van der Waals surface area contributed by atoms with Gasteiger partial charge in [0.1, 0.15) is 0 Å². The summed E-state index contributed by atoms with van der Waals surface area (Å²) >= 11 is 5.59. The van der Waals surface area contributed by atoms with Gasteiger partial charge in [-0.2, -0.15) is 0 Å². The minimum absolute atomic E-state index is 0.00335. The first-order valence-corrected chi connectivity index (χ1v) is 7.82. The lowest BCUT2D eigenvalue weighted by atomic mass is 10.1. The van der Waals surface area contributed by atoms with Gasteiger partial charge in [0.25, 0.3) is 0 Å². The van der Waals surface area contributed by atoms with Gasteiger partial charge in [-0.05, 0) is 46.0 Å². The Balaban J connectivity index is 3.31. The zero-order valence-electron chi connectivity index (χ0n) is 12.0. The zero-order valence-corrected chi connectivity index (χ0v) is 12.8. The number of alkyl halides is 1. The smallest absolute Gasteiger partial charge is 0.157 e. The Hall–Kier alpha value is -0.0500. The zero-order chi connectivity index (χ0) is 13.5. The van der Waals surface area contributed by atoms with E-state index in [1.807, 2.05) is 13.8 Å². The van der Waals surface area contributed by atoms with Crippen LogP contribution in [0.2, 0.25) is 0 Å². The molecule has 3 heteroatoms. The van der Waals surface area contributed by atoms with Crippen molar-refractivity contribution in [1.82, 2.24) is 0 Å². The number of allylic oxidation sites excluding steroid dienone is 2. The Bertz CT molecular complexity index is 177. The molecule has 0 aromatic heterocycles. The Morgan fingerprint density at radius 1 is 0.889 bits per heavy atom. The number of hydrogen-bond donors (Lipinski definition) is 0. The summed E-state index contributed by atoms with van der Waals surface area (Å²) in [5, 5.41) is 0. The topological polar surface area (TPSA) is 18.5 Å². The molecule has 0 aromatic rings. The van der Waals surface area contributed by atoms with Crippen LogP contribution in [0.3, 0.4) is 0 Å². The van der Waals surface area contributed by atoms with Crippen molar-refractivity contribution in [3.05, 3.63) is 12.2 Å². The van der Waals surface area contributed by atoms with Crippen molar-refractivity contribution >= 4 is 11.6 Å². The maximum absolute atomic E-state index is 5.59. The monoisotopic (exact) mass is 276 g/mol. The van der Waals surface area contributed by atoms with E-state index >= 15 is 0 Å². The largest absolute Gasteiger partial charge is 0.353 e. The van der Waals surface area contributed by atoms with Crippen LogP contribution in [0.5, 0.6) is 0 Å². The summed E-state index contributed by atoms with van der Waals surface area (Å²) in [7, 11) is 0. The molecule has 0 saturated carbocycles. The normalized spacial score (nSPS) is 11.8. The molecular formula is C15H29ClO2. The van der Waals surface area contributed by atoms with Crippen molar-refractivity contribution in [3.8, 4) is 0 Å². The highest BCUT2D eigenvalue weighted by Gasteiger charge is 2.06. The van der Waals surface area contributed by atoms with Crippen LogP contribution in [0.1, 0.15) is 58.8 Å². The predicted octanol–water partition coefficient (Wildman–Crippen LogP) is 4.91. The van der Waals surface area contributed by atoms with Gasteiger partial charge in [-0.15, -0.1) is 11.6 Å². The minimum Gasteiger partial charge on any atom is -0.353 e. The molecule has 0 aliphatic rings. The van der Waals surface area contributed by atoms with Gasteiger partial charge >= 0.3 is 0 Å². The second-order valence-corrected chi connectivity index (χ2v) is 4.66. The van der Waals surface area contributed by atoms with Gasteiger partial charge in [0.05, 0.1) is 0 Å². The Kier molecular flexibility index (Phi) is 15.0. The van der Waals surface area contributed by atoms with Gasteiger partial charge in [-0.1, -0.05) is 25.0 Å². The van der Waals surface area contributed by atoms with Crippen molar-refractivity contribution < 1.29 is 9.47 Å². The molecule has 0 radical (unpaired) electrons. The quantitative estimate of drug-likeness (QED) is 0.206. The summed E-state index contributed by atoms with van der Waals surface area (Å²) in [6.07, 6.45) is 12.6. The molecule has 0 unspecified atom stereocenters. The van der Waals surface area contributed by atoms with Crippen molar-refractivity contribution in [2.24, 2.45) is 0 Å². The maximum atomic E-state index is 5.59. The minimum atomic E-state index is 0.00335. The van der Waals surface area contributed by atoms with E-state index in [1.54, 1.807) is 0 Å². The Morgan fingerprint density at radius 2 is 1.50 bits per heavy atom. The van der Waals surface area contributed by atoms with E-state index in [-0.39, 0.29) is 6.29 Å². The number of halogens is 1. The molecule has 0 heterocycles. The molecule has 0 aliphatic carbocycles. The lowest BCUT2D eigenvalue weighted by Crippen LogP contribution is -2.17. The summed E-state index contributed by atoms with van der Waals surface area (Å²) < 4.78 is 11.0. The summed E-state index contributed by atoms with van der Waals surface area (Å²) in [6.45, 7) is 5.49. The molecule has 0 atom stereocenters. The number of rotatable bonds is 13. The first-order chi connectivity index (χ1) is 8.85. The fourth-order valence-electron chi connectivity index (χ4n) is 1.81. The third-order valence-electron chi connectivity index (χ3n) is 2.71. The van der Waals surface area contributed by atoms with Gasteiger partial charge in [-0.25, -0.2) is 0 Å². The highest BCUT2D eigenvalue weighted by Crippen LogP contribution is 2.11. The van der Waals surface area contributed by atoms with Gasteiger partial charge in [0.15, 0.2) is 6.29 Å². The first-order valence-electron chi connectivity index (χ1n) is 7.29. The fourth-order valence-corrected chi connectivity index (χ4v) is 1.94. The molecule has 0 fully saturated rings. The lowest BCUT2D eigenvalue weighted by Gasteiger charge is -2.16. The standard InChI is InChI=1S/C15H29ClO2/c1-3-17-15(18-4-2)13-11-9-7-5-6-8-10-12-14-16/h8,10,15H,3-7,9,11-14H2,1-2H3/b10-8+. The molecule has 0 aliphatic heterocycles. The average molecular weight is 277 g/mol. The molecule has 0 N–H and O–H groups in total. The fraction of sp³-hybridized carbons (Fsp3) is 0.867. The van der Waals surface area contributed by atoms with Crippen LogP contribution in [0.25, 0.3) is 0 Å². The Labute approximate surface area is 118 Å². The van der Waals surface area contributed by atoms with Crippen LogP contribution in [0, 0.1) is 0 Å². The van der Waals surface area contributed by atoms with Crippen molar-refractivity contribution in [3.63, 3.8) is 0 Å². The molecule has 18 heavy (non-hydrogen) atoms. The second-order valence-electron chi connectivity index (χ2n) is 4.28. The molecule has 108 valence electrons. The number of unbranched alkanes of at least 4 members (excludes halogenated alkanes) is 4. The molecule has 2 nitrogen and oxygen atoms in total. The van der Waals surface area contributed by atoms with Crippen LogP contribution < -0.4 is 0 Å². The SMILES string of the molecule is CCOC(CCCCCC/C=C/CCCl)OCC. The van der Waals surface area contributed by atoms with Gasteiger partial charge in [0.2, 0.25) is 0 Å². The molecule has 0 amide bonds. The van der Waals surface area contributed by atoms with Gasteiger partial charge in [0, 0.05) is 19.1 Å². The highest BCUT2D eigenvalue weighted by molar-refractivity contribution is 6.17. The molecule has 0 aromatic carbocycles. The molecule has 0 spiro atoms. The summed E-state index contributed by atoms with van der Waals surface area (Å²) in [6, 6.07) is 0. The van der Waals surface area contributed by atoms with Crippen molar-refractivity contribution in [2.45, 2.75) is 65.1 Å². The third-order valence-corrected chi connectivity index (χ3v) is 2.93. The summed E-state index contributed by atoms with van der Waals surface area (Å²) in [5.41, 5.74) is 0. The van der Waals surface area contributed by atoms with Crippen molar-refractivity contribution in [2.75, 3.05) is 19.1 Å². The number of hydrogen-bond acceptors (Lipinski definition) is 2. The van der Waals surface area contributed by atoms with E-state index in [9.17, 15) is 0 Å². The molecule has 0 saturated heterocycles. The van der Waals surface area contributed by atoms with E-state index in [0.29, 0.717) is 0 Å². The van der Waals surface area contributed by atoms with E-state index in [1.165, 1.54) is 32.1 Å². The van der Waals surface area contributed by atoms with Crippen LogP contribution in [0.15, 0.2) is 12.2 Å². The maximum Gasteiger partial charge on any atom is 0.157 e. The van der Waals surface area contributed by atoms with Crippen LogP contribution in [-0.4, -0.2) is 25.4 Å². The highest BCUT2D eigenvalue weighted by atomic mass is 35.5. The summed E-state index contributed by atoms with van der Waals surface area (Å²) in [5.74, 6) is 0.729. The first kappa shape index (κ1) is 17.9. The van der Waals surface area contributed by atoms with Crippen LogP contribution in [-0.2, 0) is 9.47 Å². The predicted molar refractivity (Wildman–Crippen MR) is 79.2 cm³/mol. The van der Waals surface area contributed by atoms with E-state index in [2.05, 4.69) is 12.2 Å². The number of ether oxygens (including phenoxy) is 2. The van der Waals surface area contributed by atoms with E-state index in [4.69, 9.17) is 21.1 Å². The summed E-state index contributed by atoms with van der Waals surface area (Å²) in [4.78, 5) is 0. The second kappa shape index (κ2) is 15.0. The van der Waals surface area contributed by atoms with E-state index < -0.39 is 0 Å². The third kappa shape index (κ3) is 12.4. The van der Waals surface area contributed by atoms with Gasteiger partial charge < -0.3 is 9.47 Å². The molecule has 0 rings (SSSR count). The van der Waals surface area contributed by atoms with Crippen LogP contribution >= 0.6 is 11.6 Å². The Morgan fingerprint density at radius 3 is 2.11 bits per heavy atom. The molecular weight excluding hydrogens is 248 g/mol. The average Bonchev–Trinajstić information content (AvgIpc) is 2.37. The van der Waals surface area contributed by atoms with Crippen molar-refractivity contribution in [1.29, 1.82) is 0 Å². The van der Waals surface area contributed by atoms with Crippen LogP contribution in [0.4, 0.5) is 0 Å².